The zero-order chi connectivity index (χ0) is 20.4. The number of methoxy groups -OCH3 is 1. The van der Waals surface area contributed by atoms with Gasteiger partial charge in [-0.3, -0.25) is 14.9 Å². The number of nitrogens with zero attached hydrogens (tertiary/aromatic N) is 3. The van der Waals surface area contributed by atoms with E-state index in [9.17, 15) is 14.9 Å². The van der Waals surface area contributed by atoms with E-state index >= 15 is 0 Å². The van der Waals surface area contributed by atoms with Crippen LogP contribution in [0.25, 0.3) is 10.2 Å². The summed E-state index contributed by atoms with van der Waals surface area (Å²) >= 11 is 7.46. The van der Waals surface area contributed by atoms with Crippen LogP contribution in [-0.2, 0) is 11.3 Å². The summed E-state index contributed by atoms with van der Waals surface area (Å²) in [5, 5.41) is 11.1. The molecule has 2 aromatic carbocycles. The van der Waals surface area contributed by atoms with Crippen molar-refractivity contribution in [1.82, 2.24) is 4.57 Å². The Labute approximate surface area is 170 Å². The number of halogens is 1. The van der Waals surface area contributed by atoms with Crippen LogP contribution in [-0.4, -0.2) is 29.1 Å². The Bertz CT molecular complexity index is 1150. The van der Waals surface area contributed by atoms with Crippen molar-refractivity contribution in [1.29, 1.82) is 0 Å². The van der Waals surface area contributed by atoms with Gasteiger partial charge in [0.1, 0.15) is 0 Å². The summed E-state index contributed by atoms with van der Waals surface area (Å²) in [6, 6.07) is 7.85. The molecule has 0 radical (unpaired) electrons. The van der Waals surface area contributed by atoms with Crippen molar-refractivity contribution in [3.63, 3.8) is 0 Å². The molecule has 1 amide bonds. The van der Waals surface area contributed by atoms with Crippen LogP contribution in [0.4, 0.5) is 5.69 Å². The average molecular weight is 420 g/mol. The Morgan fingerprint density at radius 2 is 2.00 bits per heavy atom. The summed E-state index contributed by atoms with van der Waals surface area (Å²) in [5.41, 5.74) is 3.03. The molecule has 0 unspecified atom stereocenters. The quantitative estimate of drug-likeness (QED) is 0.456. The van der Waals surface area contributed by atoms with Crippen LogP contribution in [0.1, 0.15) is 21.5 Å². The third-order valence-corrected chi connectivity index (χ3v) is 5.78. The van der Waals surface area contributed by atoms with E-state index in [1.165, 1.54) is 23.5 Å². The maximum absolute atomic E-state index is 12.7. The molecule has 1 aromatic heterocycles. The van der Waals surface area contributed by atoms with Crippen molar-refractivity contribution in [3.05, 3.63) is 67.0 Å². The van der Waals surface area contributed by atoms with E-state index in [0.29, 0.717) is 18.0 Å². The smallest absolute Gasteiger partial charge is 0.281 e. The largest absolute Gasteiger partial charge is 0.383 e. The molecule has 1 heterocycles. The van der Waals surface area contributed by atoms with Crippen LogP contribution >= 0.6 is 22.9 Å². The van der Waals surface area contributed by atoms with E-state index < -0.39 is 10.8 Å². The molecular weight excluding hydrogens is 402 g/mol. The fraction of sp³-hybridized carbons (Fsp3) is 0.263. The van der Waals surface area contributed by atoms with Crippen LogP contribution in [0.15, 0.2) is 35.3 Å². The molecule has 0 fully saturated rings. The van der Waals surface area contributed by atoms with Crippen LogP contribution in [0.2, 0.25) is 5.02 Å². The van der Waals surface area contributed by atoms with Gasteiger partial charge in [-0.05, 0) is 43.2 Å². The minimum atomic E-state index is -0.625. The topological polar surface area (TPSA) is 86.7 Å². The van der Waals surface area contributed by atoms with Gasteiger partial charge in [0.25, 0.3) is 11.6 Å². The molecule has 0 N–H and O–H groups in total. The number of hydrogen-bond donors (Lipinski definition) is 0. The molecule has 0 atom stereocenters. The Kier molecular flexibility index (Phi) is 5.93. The number of ether oxygens (including phenoxy) is 1. The molecule has 0 aliphatic carbocycles. The first-order chi connectivity index (χ1) is 13.3. The van der Waals surface area contributed by atoms with Crippen LogP contribution in [0, 0.1) is 24.0 Å². The summed E-state index contributed by atoms with van der Waals surface area (Å²) in [6.45, 7) is 5.03. The number of nitro benzene ring substituents is 1. The van der Waals surface area contributed by atoms with Crippen molar-refractivity contribution in [3.8, 4) is 0 Å². The summed E-state index contributed by atoms with van der Waals surface area (Å²) < 4.78 is 8.10. The molecule has 0 spiro atoms. The lowest BCUT2D eigenvalue weighted by Gasteiger charge is -2.06. The number of amides is 1. The molecule has 0 saturated heterocycles. The third kappa shape index (κ3) is 3.99. The number of rotatable bonds is 5. The van der Waals surface area contributed by atoms with Gasteiger partial charge in [-0.2, -0.15) is 4.99 Å². The van der Waals surface area contributed by atoms with Gasteiger partial charge in [0, 0.05) is 25.8 Å². The summed E-state index contributed by atoms with van der Waals surface area (Å²) in [4.78, 5) is 27.9. The Morgan fingerprint density at radius 1 is 1.29 bits per heavy atom. The minimum absolute atomic E-state index is 0.000949. The number of benzene rings is 2. The highest BCUT2D eigenvalue weighted by molar-refractivity contribution is 7.16. The summed E-state index contributed by atoms with van der Waals surface area (Å²) in [7, 11) is 1.61. The lowest BCUT2D eigenvalue weighted by Crippen LogP contribution is -2.19. The molecule has 0 bridgehead atoms. The number of aromatic nitrogens is 1. The molecule has 0 saturated carbocycles. The molecule has 0 aliphatic rings. The monoisotopic (exact) mass is 419 g/mol. The van der Waals surface area contributed by atoms with E-state index in [1.54, 1.807) is 7.11 Å². The molecule has 3 rings (SSSR count). The zero-order valence-corrected chi connectivity index (χ0v) is 17.1. The zero-order valence-electron chi connectivity index (χ0n) is 15.6. The maximum atomic E-state index is 12.7. The number of thiazole rings is 1. The van der Waals surface area contributed by atoms with Crippen molar-refractivity contribution in [2.45, 2.75) is 20.4 Å². The Hall–Kier alpha value is -2.55. The van der Waals surface area contributed by atoms with E-state index in [1.807, 2.05) is 18.4 Å². The number of aryl methyl sites for hydroxylation is 2. The van der Waals surface area contributed by atoms with Gasteiger partial charge in [-0.15, -0.1) is 0 Å². The van der Waals surface area contributed by atoms with Crippen LogP contribution < -0.4 is 4.80 Å². The highest BCUT2D eigenvalue weighted by Crippen LogP contribution is 2.24. The van der Waals surface area contributed by atoms with Gasteiger partial charge in [0.15, 0.2) is 4.80 Å². The van der Waals surface area contributed by atoms with Crippen LogP contribution in [0.5, 0.6) is 0 Å². The molecule has 9 heteroatoms. The third-order valence-electron chi connectivity index (χ3n) is 4.41. The molecular formula is C19H18ClN3O4S. The van der Waals surface area contributed by atoms with Gasteiger partial charge in [0.05, 0.1) is 32.3 Å². The summed E-state index contributed by atoms with van der Waals surface area (Å²) in [5.74, 6) is -0.625. The van der Waals surface area contributed by atoms with Crippen molar-refractivity contribution < 1.29 is 14.5 Å². The summed E-state index contributed by atoms with van der Waals surface area (Å²) in [6.07, 6.45) is 0. The molecule has 146 valence electrons. The minimum Gasteiger partial charge on any atom is -0.383 e. The number of non-ortho nitro benzene ring substituents is 1. The van der Waals surface area contributed by atoms with E-state index in [2.05, 4.69) is 17.1 Å². The fourth-order valence-electron chi connectivity index (χ4n) is 2.74. The van der Waals surface area contributed by atoms with Gasteiger partial charge < -0.3 is 9.30 Å². The molecule has 0 aliphatic heterocycles. The number of carbonyl (C=O) groups is 1. The normalized spacial score (nSPS) is 11.9. The molecule has 7 nitrogen and oxygen atoms in total. The number of hydrogen-bond acceptors (Lipinski definition) is 5. The lowest BCUT2D eigenvalue weighted by atomic mass is 10.1. The van der Waals surface area contributed by atoms with E-state index in [0.717, 1.165) is 27.4 Å². The predicted molar refractivity (Wildman–Crippen MR) is 109 cm³/mol. The van der Waals surface area contributed by atoms with E-state index in [4.69, 9.17) is 16.3 Å². The predicted octanol–water partition coefficient (Wildman–Crippen LogP) is 4.27. The second-order valence-corrected chi connectivity index (χ2v) is 7.69. The van der Waals surface area contributed by atoms with Crippen molar-refractivity contribution in [2.24, 2.45) is 4.99 Å². The highest BCUT2D eigenvalue weighted by Gasteiger charge is 2.16. The highest BCUT2D eigenvalue weighted by atomic mass is 35.5. The average Bonchev–Trinajstić information content (AvgIpc) is 2.96. The second-order valence-electron chi connectivity index (χ2n) is 6.27. The SMILES string of the molecule is COCCn1c(=NC(=O)c2cc([N+](=O)[O-])ccc2Cl)sc2cc(C)c(C)cc21. The maximum Gasteiger partial charge on any atom is 0.281 e. The van der Waals surface area contributed by atoms with E-state index in [-0.39, 0.29) is 16.3 Å². The van der Waals surface area contributed by atoms with Crippen molar-refractivity contribution >= 4 is 44.7 Å². The number of fused-ring (bicyclic) bond motifs is 1. The van der Waals surface area contributed by atoms with Gasteiger partial charge in [-0.1, -0.05) is 22.9 Å². The first-order valence-corrected chi connectivity index (χ1v) is 9.63. The first kappa shape index (κ1) is 20.2. The number of carbonyl (C=O) groups excluding carboxylic acids is 1. The fourth-order valence-corrected chi connectivity index (χ4v) is 4.08. The standard InChI is InChI=1S/C19H18ClN3O4S/c1-11-8-16-17(9-12(11)2)28-19(22(16)6-7-27-3)21-18(24)14-10-13(23(25)26)4-5-15(14)20/h4-5,8-10H,6-7H2,1-3H3. The molecule has 28 heavy (non-hydrogen) atoms. The van der Waals surface area contributed by atoms with Crippen molar-refractivity contribution in [2.75, 3.05) is 13.7 Å². The first-order valence-electron chi connectivity index (χ1n) is 8.44. The Morgan fingerprint density at radius 3 is 2.68 bits per heavy atom. The van der Waals surface area contributed by atoms with Gasteiger partial charge >= 0.3 is 0 Å². The molecule has 3 aromatic rings. The number of nitro groups is 1. The van der Waals surface area contributed by atoms with Crippen LogP contribution in [0.3, 0.4) is 0 Å². The Balaban J connectivity index is 2.16. The van der Waals surface area contributed by atoms with Gasteiger partial charge in [-0.25, -0.2) is 0 Å². The lowest BCUT2D eigenvalue weighted by molar-refractivity contribution is -0.384. The van der Waals surface area contributed by atoms with Gasteiger partial charge in [0.2, 0.25) is 0 Å². The second kappa shape index (κ2) is 8.22.